The molecule has 1 saturated carbocycles. The van der Waals surface area contributed by atoms with Crippen LogP contribution >= 0.6 is 0 Å². The Morgan fingerprint density at radius 1 is 1.26 bits per heavy atom. The second-order valence-electron chi connectivity index (χ2n) is 5.77. The van der Waals surface area contributed by atoms with Gasteiger partial charge in [0.25, 0.3) is 0 Å². The molecular formula is C16H24N2O. The van der Waals surface area contributed by atoms with Gasteiger partial charge in [-0.3, -0.25) is 4.90 Å². The molecule has 0 radical (unpaired) electrons. The Bertz CT molecular complexity index is 417. The SMILES string of the molecule is CCN(CC1CCC1)CC1CNc2ccccc2O1. The summed E-state index contributed by atoms with van der Waals surface area (Å²) in [6, 6.07) is 8.22. The van der Waals surface area contributed by atoms with Crippen molar-refractivity contribution < 1.29 is 4.74 Å². The summed E-state index contributed by atoms with van der Waals surface area (Å²) >= 11 is 0. The summed E-state index contributed by atoms with van der Waals surface area (Å²) in [5.41, 5.74) is 1.13. The maximum atomic E-state index is 6.09. The monoisotopic (exact) mass is 260 g/mol. The van der Waals surface area contributed by atoms with E-state index in [0.717, 1.165) is 37.0 Å². The highest BCUT2D eigenvalue weighted by Crippen LogP contribution is 2.29. The van der Waals surface area contributed by atoms with Gasteiger partial charge in [0, 0.05) is 13.1 Å². The Kier molecular flexibility index (Phi) is 3.92. The van der Waals surface area contributed by atoms with E-state index < -0.39 is 0 Å². The quantitative estimate of drug-likeness (QED) is 0.881. The first-order valence-electron chi connectivity index (χ1n) is 7.57. The summed E-state index contributed by atoms with van der Waals surface area (Å²) in [5, 5.41) is 3.47. The molecule has 0 bridgehead atoms. The zero-order chi connectivity index (χ0) is 13.1. The van der Waals surface area contributed by atoms with Crippen LogP contribution in [0, 0.1) is 5.92 Å². The molecule has 1 aromatic carbocycles. The molecule has 0 aromatic heterocycles. The van der Waals surface area contributed by atoms with Gasteiger partial charge in [-0.15, -0.1) is 0 Å². The van der Waals surface area contributed by atoms with Crippen LogP contribution in [0.1, 0.15) is 26.2 Å². The first-order chi connectivity index (χ1) is 9.35. The van der Waals surface area contributed by atoms with Crippen LogP contribution in [-0.2, 0) is 0 Å². The van der Waals surface area contributed by atoms with Crippen LogP contribution in [-0.4, -0.2) is 37.2 Å². The van der Waals surface area contributed by atoms with Gasteiger partial charge in [0.1, 0.15) is 11.9 Å². The van der Waals surface area contributed by atoms with Gasteiger partial charge in [0.15, 0.2) is 0 Å². The lowest BCUT2D eigenvalue weighted by atomic mass is 9.85. The molecule has 3 heteroatoms. The molecule has 1 fully saturated rings. The number of nitrogens with one attached hydrogen (secondary N) is 1. The Hall–Kier alpha value is -1.22. The first-order valence-corrected chi connectivity index (χ1v) is 7.57. The predicted octanol–water partition coefficient (Wildman–Crippen LogP) is 2.98. The zero-order valence-electron chi connectivity index (χ0n) is 11.8. The van der Waals surface area contributed by atoms with Gasteiger partial charge >= 0.3 is 0 Å². The summed E-state index contributed by atoms with van der Waals surface area (Å²) in [6.07, 6.45) is 4.54. The third-order valence-electron chi connectivity index (χ3n) is 4.35. The summed E-state index contributed by atoms with van der Waals surface area (Å²) in [5.74, 6) is 1.93. The van der Waals surface area contributed by atoms with Gasteiger partial charge in [0.2, 0.25) is 0 Å². The molecule has 3 rings (SSSR count). The molecule has 0 spiro atoms. The number of nitrogens with zero attached hydrogens (tertiary/aromatic N) is 1. The molecule has 2 aliphatic rings. The number of hydrogen-bond acceptors (Lipinski definition) is 3. The molecule has 1 aliphatic carbocycles. The van der Waals surface area contributed by atoms with E-state index in [-0.39, 0.29) is 6.10 Å². The maximum Gasteiger partial charge on any atom is 0.142 e. The molecule has 19 heavy (non-hydrogen) atoms. The fraction of sp³-hybridized carbons (Fsp3) is 0.625. The zero-order valence-corrected chi connectivity index (χ0v) is 11.8. The van der Waals surface area contributed by atoms with Crippen molar-refractivity contribution in [1.82, 2.24) is 4.90 Å². The summed E-state index contributed by atoms with van der Waals surface area (Å²) < 4.78 is 6.09. The van der Waals surface area contributed by atoms with Crippen LogP contribution in [0.4, 0.5) is 5.69 Å². The van der Waals surface area contributed by atoms with Crippen LogP contribution in [0.15, 0.2) is 24.3 Å². The Morgan fingerprint density at radius 2 is 2.11 bits per heavy atom. The Balaban J connectivity index is 1.55. The number of anilines is 1. The summed E-state index contributed by atoms with van der Waals surface area (Å²) in [7, 11) is 0. The van der Waals surface area contributed by atoms with Crippen molar-refractivity contribution >= 4 is 5.69 Å². The van der Waals surface area contributed by atoms with E-state index in [4.69, 9.17) is 4.74 Å². The highest BCUT2D eigenvalue weighted by molar-refractivity contribution is 5.57. The minimum Gasteiger partial charge on any atom is -0.485 e. The fourth-order valence-electron chi connectivity index (χ4n) is 2.92. The molecule has 104 valence electrons. The molecule has 1 aliphatic heterocycles. The molecule has 1 unspecified atom stereocenters. The molecule has 1 aromatic rings. The molecule has 1 N–H and O–H groups in total. The second-order valence-corrected chi connectivity index (χ2v) is 5.77. The molecule has 1 heterocycles. The van der Waals surface area contributed by atoms with Crippen molar-refractivity contribution in [3.8, 4) is 5.75 Å². The van der Waals surface area contributed by atoms with Crippen molar-refractivity contribution in [2.24, 2.45) is 5.92 Å². The van der Waals surface area contributed by atoms with Crippen LogP contribution in [0.25, 0.3) is 0 Å². The highest BCUT2D eigenvalue weighted by Gasteiger charge is 2.24. The van der Waals surface area contributed by atoms with Crippen LogP contribution in [0.2, 0.25) is 0 Å². The smallest absolute Gasteiger partial charge is 0.142 e. The Morgan fingerprint density at radius 3 is 2.84 bits per heavy atom. The van der Waals surface area contributed by atoms with Crippen LogP contribution < -0.4 is 10.1 Å². The second kappa shape index (κ2) is 5.83. The number of fused-ring (bicyclic) bond motifs is 1. The van der Waals surface area contributed by atoms with E-state index >= 15 is 0 Å². The lowest BCUT2D eigenvalue weighted by Gasteiger charge is -2.35. The molecular weight excluding hydrogens is 236 g/mol. The van der Waals surface area contributed by atoms with Crippen LogP contribution in [0.5, 0.6) is 5.75 Å². The molecule has 0 amide bonds. The minimum absolute atomic E-state index is 0.273. The van der Waals surface area contributed by atoms with Crippen molar-refractivity contribution in [1.29, 1.82) is 0 Å². The van der Waals surface area contributed by atoms with Gasteiger partial charge in [-0.1, -0.05) is 25.5 Å². The van der Waals surface area contributed by atoms with Crippen molar-refractivity contribution in [2.45, 2.75) is 32.3 Å². The van der Waals surface area contributed by atoms with E-state index in [9.17, 15) is 0 Å². The molecule has 0 saturated heterocycles. The van der Waals surface area contributed by atoms with Gasteiger partial charge in [-0.05, 0) is 37.4 Å². The number of rotatable bonds is 5. The number of para-hydroxylation sites is 2. The predicted molar refractivity (Wildman–Crippen MR) is 78.8 cm³/mol. The average molecular weight is 260 g/mol. The van der Waals surface area contributed by atoms with E-state index in [0.29, 0.717) is 0 Å². The number of likely N-dealkylation sites (N-methyl/N-ethyl adjacent to an activating group) is 1. The summed E-state index contributed by atoms with van der Waals surface area (Å²) in [6.45, 7) is 6.57. The van der Waals surface area contributed by atoms with Crippen LogP contribution in [0.3, 0.4) is 0 Å². The lowest BCUT2D eigenvalue weighted by molar-refractivity contribution is 0.112. The summed E-state index contributed by atoms with van der Waals surface area (Å²) in [4.78, 5) is 2.55. The van der Waals surface area contributed by atoms with E-state index in [1.165, 1.54) is 25.8 Å². The largest absolute Gasteiger partial charge is 0.485 e. The van der Waals surface area contributed by atoms with Gasteiger partial charge in [-0.25, -0.2) is 0 Å². The standard InChI is InChI=1S/C16H24N2O/c1-2-18(11-13-6-5-7-13)12-14-10-17-15-8-3-4-9-16(15)19-14/h3-4,8-9,13-14,17H,2,5-7,10-12H2,1H3. The molecule has 1 atom stereocenters. The normalized spacial score (nSPS) is 22.3. The number of hydrogen-bond donors (Lipinski definition) is 1. The number of ether oxygens (including phenoxy) is 1. The Labute approximate surface area is 115 Å². The third kappa shape index (κ3) is 3.03. The third-order valence-corrected chi connectivity index (χ3v) is 4.35. The lowest BCUT2D eigenvalue weighted by Crippen LogP contribution is -2.44. The van der Waals surface area contributed by atoms with Gasteiger partial charge < -0.3 is 10.1 Å². The van der Waals surface area contributed by atoms with Crippen molar-refractivity contribution in [3.63, 3.8) is 0 Å². The first kappa shape index (κ1) is 12.8. The van der Waals surface area contributed by atoms with Crippen molar-refractivity contribution in [2.75, 3.05) is 31.5 Å². The van der Waals surface area contributed by atoms with Gasteiger partial charge in [0.05, 0.1) is 12.2 Å². The van der Waals surface area contributed by atoms with E-state index in [1.807, 2.05) is 12.1 Å². The number of benzene rings is 1. The van der Waals surface area contributed by atoms with E-state index in [2.05, 4.69) is 29.3 Å². The maximum absolute atomic E-state index is 6.09. The van der Waals surface area contributed by atoms with E-state index in [1.54, 1.807) is 0 Å². The highest BCUT2D eigenvalue weighted by atomic mass is 16.5. The average Bonchev–Trinajstić information content (AvgIpc) is 2.41. The van der Waals surface area contributed by atoms with Gasteiger partial charge in [-0.2, -0.15) is 0 Å². The fourth-order valence-corrected chi connectivity index (χ4v) is 2.92. The van der Waals surface area contributed by atoms with Crippen molar-refractivity contribution in [3.05, 3.63) is 24.3 Å². The topological polar surface area (TPSA) is 24.5 Å². The molecule has 3 nitrogen and oxygen atoms in total. The minimum atomic E-state index is 0.273.